The smallest absolute Gasteiger partial charge is 0.260 e. The molecule has 1 aromatic carbocycles. The number of hydrogen-bond acceptors (Lipinski definition) is 4. The number of aromatic amines is 1. The van der Waals surface area contributed by atoms with Crippen LogP contribution in [0.3, 0.4) is 0 Å². The maximum absolute atomic E-state index is 13.1. The maximum atomic E-state index is 13.1. The lowest BCUT2D eigenvalue weighted by atomic mass is 10.0. The zero-order chi connectivity index (χ0) is 17.4. The van der Waals surface area contributed by atoms with Crippen molar-refractivity contribution in [2.45, 2.75) is 26.3 Å². The number of likely N-dealkylation sites (tertiary alicyclic amines) is 1. The molecule has 1 saturated heterocycles. The first kappa shape index (κ1) is 16.4. The van der Waals surface area contributed by atoms with Crippen LogP contribution in [0.25, 0.3) is 21.3 Å². The SMILES string of the molecule is CC1CCCN(Cc2nc3scc(-c4ccc(F)cc4)c3c(=O)[nH]2)C1. The molecule has 2 aromatic heterocycles. The molecular formula is C19H20FN3OS. The van der Waals surface area contributed by atoms with Crippen molar-refractivity contribution < 1.29 is 4.39 Å². The quantitative estimate of drug-likeness (QED) is 0.770. The highest BCUT2D eigenvalue weighted by Gasteiger charge is 2.18. The van der Waals surface area contributed by atoms with Crippen LogP contribution in [-0.2, 0) is 6.54 Å². The topological polar surface area (TPSA) is 49.0 Å². The largest absolute Gasteiger partial charge is 0.309 e. The van der Waals surface area contributed by atoms with Crippen LogP contribution in [0.5, 0.6) is 0 Å². The first-order valence-electron chi connectivity index (χ1n) is 8.59. The Morgan fingerprint density at radius 2 is 2.16 bits per heavy atom. The summed E-state index contributed by atoms with van der Waals surface area (Å²) < 4.78 is 13.1. The molecule has 0 amide bonds. The molecule has 0 spiro atoms. The number of thiophene rings is 1. The second-order valence-corrected chi connectivity index (χ2v) is 7.69. The summed E-state index contributed by atoms with van der Waals surface area (Å²) in [4.78, 5) is 23.3. The Kier molecular flexibility index (Phi) is 4.39. The van der Waals surface area contributed by atoms with Crippen molar-refractivity contribution in [2.24, 2.45) is 5.92 Å². The van der Waals surface area contributed by atoms with E-state index >= 15 is 0 Å². The van der Waals surface area contributed by atoms with Crippen LogP contribution < -0.4 is 5.56 Å². The van der Waals surface area contributed by atoms with E-state index in [0.717, 1.165) is 34.9 Å². The predicted molar refractivity (Wildman–Crippen MR) is 99.3 cm³/mol. The summed E-state index contributed by atoms with van der Waals surface area (Å²) in [6.45, 7) is 5.05. The van der Waals surface area contributed by atoms with Crippen molar-refractivity contribution in [1.29, 1.82) is 0 Å². The molecule has 3 heterocycles. The third kappa shape index (κ3) is 3.37. The molecule has 1 unspecified atom stereocenters. The number of nitrogens with zero attached hydrogens (tertiary/aromatic N) is 2. The minimum absolute atomic E-state index is 0.120. The van der Waals surface area contributed by atoms with E-state index < -0.39 is 0 Å². The molecule has 3 aromatic rings. The number of rotatable bonds is 3. The fourth-order valence-corrected chi connectivity index (χ4v) is 4.52. The van der Waals surface area contributed by atoms with Crippen LogP contribution in [0, 0.1) is 11.7 Å². The second kappa shape index (κ2) is 6.69. The maximum Gasteiger partial charge on any atom is 0.260 e. The number of halogens is 1. The molecule has 6 heteroatoms. The minimum atomic E-state index is -0.284. The van der Waals surface area contributed by atoms with E-state index in [9.17, 15) is 9.18 Å². The van der Waals surface area contributed by atoms with Gasteiger partial charge in [-0.25, -0.2) is 9.37 Å². The van der Waals surface area contributed by atoms with Gasteiger partial charge in [0.15, 0.2) is 0 Å². The van der Waals surface area contributed by atoms with Gasteiger partial charge in [-0.05, 0) is 43.0 Å². The molecule has 130 valence electrons. The van der Waals surface area contributed by atoms with Gasteiger partial charge in [0.2, 0.25) is 0 Å². The Balaban J connectivity index is 1.67. The fraction of sp³-hybridized carbons (Fsp3) is 0.368. The average Bonchev–Trinajstić information content (AvgIpc) is 3.00. The summed E-state index contributed by atoms with van der Waals surface area (Å²) in [6, 6.07) is 6.21. The van der Waals surface area contributed by atoms with Crippen molar-refractivity contribution in [3.8, 4) is 11.1 Å². The van der Waals surface area contributed by atoms with Gasteiger partial charge < -0.3 is 4.98 Å². The van der Waals surface area contributed by atoms with Crippen molar-refractivity contribution in [2.75, 3.05) is 13.1 Å². The second-order valence-electron chi connectivity index (χ2n) is 6.83. The lowest BCUT2D eigenvalue weighted by Crippen LogP contribution is -2.34. The Labute approximate surface area is 149 Å². The zero-order valence-electron chi connectivity index (χ0n) is 14.1. The van der Waals surface area contributed by atoms with Crippen LogP contribution in [-0.4, -0.2) is 28.0 Å². The number of hydrogen-bond donors (Lipinski definition) is 1. The molecule has 0 bridgehead atoms. The van der Waals surface area contributed by atoms with Crippen molar-refractivity contribution in [3.05, 3.63) is 51.6 Å². The minimum Gasteiger partial charge on any atom is -0.309 e. The highest BCUT2D eigenvalue weighted by molar-refractivity contribution is 7.17. The van der Waals surface area contributed by atoms with Gasteiger partial charge in [0.25, 0.3) is 5.56 Å². The van der Waals surface area contributed by atoms with Crippen molar-refractivity contribution in [3.63, 3.8) is 0 Å². The monoisotopic (exact) mass is 357 g/mol. The highest BCUT2D eigenvalue weighted by atomic mass is 32.1. The Bertz CT molecular complexity index is 947. The normalized spacial score (nSPS) is 18.7. The van der Waals surface area contributed by atoms with E-state index in [-0.39, 0.29) is 11.4 Å². The summed E-state index contributed by atoms with van der Waals surface area (Å²) >= 11 is 1.46. The van der Waals surface area contributed by atoms with Gasteiger partial charge in [0.05, 0.1) is 11.9 Å². The van der Waals surface area contributed by atoms with E-state index in [1.165, 1.54) is 36.3 Å². The standard InChI is InChI=1S/C19H20FN3OS/c1-12-3-2-8-23(9-12)10-16-21-18(24)17-15(11-25-19(17)22-16)13-4-6-14(20)7-5-13/h4-7,11-12H,2-3,8-10H2,1H3,(H,21,22,24). The number of benzene rings is 1. The number of fused-ring (bicyclic) bond motifs is 1. The van der Waals surface area contributed by atoms with E-state index in [1.807, 2.05) is 5.38 Å². The van der Waals surface area contributed by atoms with Gasteiger partial charge in [-0.1, -0.05) is 19.1 Å². The molecule has 1 atom stereocenters. The molecule has 0 radical (unpaired) electrons. The Morgan fingerprint density at radius 1 is 1.36 bits per heavy atom. The molecule has 1 N–H and O–H groups in total. The molecule has 4 nitrogen and oxygen atoms in total. The summed E-state index contributed by atoms with van der Waals surface area (Å²) in [5.41, 5.74) is 1.52. The van der Waals surface area contributed by atoms with Gasteiger partial charge >= 0.3 is 0 Å². The molecule has 4 rings (SSSR count). The van der Waals surface area contributed by atoms with Crippen LogP contribution in [0.2, 0.25) is 0 Å². The molecule has 25 heavy (non-hydrogen) atoms. The van der Waals surface area contributed by atoms with Crippen molar-refractivity contribution >= 4 is 21.6 Å². The summed E-state index contributed by atoms with van der Waals surface area (Å²) in [5.74, 6) is 1.13. The highest BCUT2D eigenvalue weighted by Crippen LogP contribution is 2.31. The summed E-state index contributed by atoms with van der Waals surface area (Å²) in [6.07, 6.45) is 2.47. The number of H-pyrrole nitrogens is 1. The van der Waals surface area contributed by atoms with E-state index in [0.29, 0.717) is 17.8 Å². The van der Waals surface area contributed by atoms with Crippen molar-refractivity contribution in [1.82, 2.24) is 14.9 Å². The summed E-state index contributed by atoms with van der Waals surface area (Å²) in [5, 5.41) is 2.51. The fourth-order valence-electron chi connectivity index (χ4n) is 3.55. The van der Waals surface area contributed by atoms with Gasteiger partial charge in [-0.15, -0.1) is 11.3 Å². The van der Waals surface area contributed by atoms with E-state index in [4.69, 9.17) is 0 Å². The lowest BCUT2D eigenvalue weighted by Gasteiger charge is -2.30. The van der Waals surface area contributed by atoms with Gasteiger partial charge in [-0.3, -0.25) is 9.69 Å². The predicted octanol–water partition coefficient (Wildman–Crippen LogP) is 4.02. The third-order valence-corrected chi connectivity index (χ3v) is 5.63. The van der Waals surface area contributed by atoms with Crippen LogP contribution in [0.1, 0.15) is 25.6 Å². The number of piperidine rings is 1. The van der Waals surface area contributed by atoms with Crippen LogP contribution >= 0.6 is 11.3 Å². The average molecular weight is 357 g/mol. The number of nitrogens with one attached hydrogen (secondary N) is 1. The third-order valence-electron chi connectivity index (χ3n) is 4.76. The Morgan fingerprint density at radius 3 is 2.92 bits per heavy atom. The first-order valence-corrected chi connectivity index (χ1v) is 9.47. The molecule has 1 fully saturated rings. The molecular weight excluding hydrogens is 337 g/mol. The zero-order valence-corrected chi connectivity index (χ0v) is 14.9. The van der Waals surface area contributed by atoms with E-state index in [1.54, 1.807) is 12.1 Å². The lowest BCUT2D eigenvalue weighted by molar-refractivity contribution is 0.173. The molecule has 1 aliphatic heterocycles. The molecule has 1 aliphatic rings. The first-order chi connectivity index (χ1) is 12.1. The molecule has 0 aliphatic carbocycles. The summed E-state index contributed by atoms with van der Waals surface area (Å²) in [7, 11) is 0. The van der Waals surface area contributed by atoms with Crippen LogP contribution in [0.4, 0.5) is 4.39 Å². The van der Waals surface area contributed by atoms with Gasteiger partial charge in [-0.2, -0.15) is 0 Å². The Hall–Kier alpha value is -2.05. The van der Waals surface area contributed by atoms with Gasteiger partial charge in [0, 0.05) is 17.5 Å². The van der Waals surface area contributed by atoms with E-state index in [2.05, 4.69) is 21.8 Å². The number of aromatic nitrogens is 2. The molecule has 0 saturated carbocycles. The van der Waals surface area contributed by atoms with Crippen LogP contribution in [0.15, 0.2) is 34.4 Å². The van der Waals surface area contributed by atoms with Gasteiger partial charge in [0.1, 0.15) is 16.5 Å².